The summed E-state index contributed by atoms with van der Waals surface area (Å²) < 4.78 is 1.68. The first-order valence-electron chi connectivity index (χ1n) is 6.03. The zero-order chi connectivity index (χ0) is 12.1. The normalized spacial score (nSPS) is 10.6. The minimum Gasteiger partial charge on any atom is -0.273 e. The fourth-order valence-electron chi connectivity index (χ4n) is 1.77. The van der Waals surface area contributed by atoms with Gasteiger partial charge in [-0.3, -0.25) is 10.2 Å². The summed E-state index contributed by atoms with van der Waals surface area (Å²) in [7, 11) is 0. The third-order valence-corrected chi connectivity index (χ3v) is 2.71. The Labute approximate surface area is 101 Å². The average Bonchev–Trinajstić information content (AvgIpc) is 2.73. The van der Waals surface area contributed by atoms with Crippen molar-refractivity contribution >= 4 is 16.9 Å². The molecule has 0 fully saturated rings. The SMILES string of the molecule is CCCCCC(=O)Nn1cnc2ccccc21. The van der Waals surface area contributed by atoms with Crippen LogP contribution in [0.25, 0.3) is 11.0 Å². The minimum atomic E-state index is 0.0432. The average molecular weight is 231 g/mol. The van der Waals surface area contributed by atoms with Crippen LogP contribution in [0.4, 0.5) is 0 Å². The molecule has 0 radical (unpaired) electrons. The molecule has 0 saturated heterocycles. The fourth-order valence-corrected chi connectivity index (χ4v) is 1.77. The Bertz CT molecular complexity index is 504. The van der Waals surface area contributed by atoms with E-state index in [2.05, 4.69) is 17.3 Å². The van der Waals surface area contributed by atoms with Crippen molar-refractivity contribution in [2.75, 3.05) is 5.43 Å². The van der Waals surface area contributed by atoms with E-state index in [9.17, 15) is 4.79 Å². The topological polar surface area (TPSA) is 46.9 Å². The predicted octanol–water partition coefficient (Wildman–Crippen LogP) is 2.69. The summed E-state index contributed by atoms with van der Waals surface area (Å²) in [5.41, 5.74) is 4.66. The lowest BCUT2D eigenvalue weighted by Gasteiger charge is -2.06. The summed E-state index contributed by atoms with van der Waals surface area (Å²) in [5, 5.41) is 0. The van der Waals surface area contributed by atoms with Gasteiger partial charge in [0.1, 0.15) is 6.33 Å². The molecule has 90 valence electrons. The van der Waals surface area contributed by atoms with Gasteiger partial charge in [-0.2, -0.15) is 0 Å². The van der Waals surface area contributed by atoms with E-state index in [-0.39, 0.29) is 5.91 Å². The third-order valence-electron chi connectivity index (χ3n) is 2.71. The first kappa shape index (κ1) is 11.6. The number of aromatic nitrogens is 2. The molecular weight excluding hydrogens is 214 g/mol. The molecule has 2 aromatic rings. The lowest BCUT2D eigenvalue weighted by atomic mass is 10.2. The smallest absolute Gasteiger partial charge is 0.238 e. The molecule has 2 rings (SSSR count). The fraction of sp³-hybridized carbons (Fsp3) is 0.385. The van der Waals surface area contributed by atoms with Gasteiger partial charge in [0, 0.05) is 6.42 Å². The molecule has 0 atom stereocenters. The van der Waals surface area contributed by atoms with E-state index >= 15 is 0 Å². The van der Waals surface area contributed by atoms with Crippen molar-refractivity contribution in [2.24, 2.45) is 0 Å². The van der Waals surface area contributed by atoms with E-state index in [1.54, 1.807) is 11.0 Å². The molecule has 1 N–H and O–H groups in total. The number of hydrogen-bond donors (Lipinski definition) is 1. The van der Waals surface area contributed by atoms with E-state index in [4.69, 9.17) is 0 Å². The number of hydrogen-bond acceptors (Lipinski definition) is 2. The summed E-state index contributed by atoms with van der Waals surface area (Å²) in [6.07, 6.45) is 5.37. The molecule has 0 aliphatic heterocycles. The number of carbonyl (C=O) groups excluding carboxylic acids is 1. The van der Waals surface area contributed by atoms with Crippen molar-refractivity contribution in [3.63, 3.8) is 0 Å². The van der Waals surface area contributed by atoms with Crippen LogP contribution < -0.4 is 5.43 Å². The number of nitrogens with zero attached hydrogens (tertiary/aromatic N) is 2. The zero-order valence-corrected chi connectivity index (χ0v) is 10.0. The van der Waals surface area contributed by atoms with Gasteiger partial charge in [0.25, 0.3) is 0 Å². The van der Waals surface area contributed by atoms with Gasteiger partial charge in [0.05, 0.1) is 11.0 Å². The second-order valence-electron chi connectivity index (χ2n) is 4.10. The number of nitrogens with one attached hydrogen (secondary N) is 1. The summed E-state index contributed by atoms with van der Waals surface area (Å²) in [5.74, 6) is 0.0432. The highest BCUT2D eigenvalue weighted by Crippen LogP contribution is 2.10. The lowest BCUT2D eigenvalue weighted by Crippen LogP contribution is -2.21. The minimum absolute atomic E-state index is 0.0432. The summed E-state index contributed by atoms with van der Waals surface area (Å²) in [4.78, 5) is 15.9. The van der Waals surface area contributed by atoms with Crippen molar-refractivity contribution in [2.45, 2.75) is 32.6 Å². The monoisotopic (exact) mass is 231 g/mol. The van der Waals surface area contributed by atoms with Crippen LogP contribution in [0.5, 0.6) is 0 Å². The van der Waals surface area contributed by atoms with E-state index in [0.29, 0.717) is 6.42 Å². The second kappa shape index (κ2) is 5.48. The molecule has 1 aromatic heterocycles. The maximum absolute atomic E-state index is 11.7. The van der Waals surface area contributed by atoms with Crippen LogP contribution in [-0.4, -0.2) is 15.6 Å². The van der Waals surface area contributed by atoms with Crippen molar-refractivity contribution in [3.8, 4) is 0 Å². The van der Waals surface area contributed by atoms with Gasteiger partial charge in [-0.1, -0.05) is 31.9 Å². The molecule has 0 aliphatic rings. The Morgan fingerprint density at radius 3 is 3.00 bits per heavy atom. The maximum atomic E-state index is 11.7. The molecule has 1 heterocycles. The number of benzene rings is 1. The molecule has 4 heteroatoms. The predicted molar refractivity (Wildman–Crippen MR) is 68.2 cm³/mol. The lowest BCUT2D eigenvalue weighted by molar-refractivity contribution is -0.117. The van der Waals surface area contributed by atoms with Gasteiger partial charge < -0.3 is 0 Å². The van der Waals surface area contributed by atoms with Crippen molar-refractivity contribution in [1.82, 2.24) is 9.66 Å². The molecule has 0 spiro atoms. The maximum Gasteiger partial charge on any atom is 0.238 e. The number of unbranched alkanes of at least 4 members (excludes halogenated alkanes) is 2. The van der Waals surface area contributed by atoms with Crippen LogP contribution in [0.15, 0.2) is 30.6 Å². The number of fused-ring (bicyclic) bond motifs is 1. The van der Waals surface area contributed by atoms with Gasteiger partial charge in [-0.05, 0) is 18.6 Å². The van der Waals surface area contributed by atoms with Crippen LogP contribution in [0.3, 0.4) is 0 Å². The Hall–Kier alpha value is -1.84. The van der Waals surface area contributed by atoms with Gasteiger partial charge in [0.2, 0.25) is 5.91 Å². The molecule has 17 heavy (non-hydrogen) atoms. The molecule has 0 aliphatic carbocycles. The highest BCUT2D eigenvalue weighted by Gasteiger charge is 2.05. The quantitative estimate of drug-likeness (QED) is 0.804. The molecule has 0 bridgehead atoms. The van der Waals surface area contributed by atoms with Gasteiger partial charge in [0.15, 0.2) is 0 Å². The summed E-state index contributed by atoms with van der Waals surface area (Å²) in [6, 6.07) is 7.73. The first-order chi connectivity index (χ1) is 8.31. The molecular formula is C13H17N3O. The zero-order valence-electron chi connectivity index (χ0n) is 10.0. The van der Waals surface area contributed by atoms with E-state index < -0.39 is 0 Å². The number of amides is 1. The van der Waals surface area contributed by atoms with E-state index in [1.165, 1.54) is 0 Å². The van der Waals surface area contributed by atoms with Crippen LogP contribution >= 0.6 is 0 Å². The Kier molecular flexibility index (Phi) is 3.75. The van der Waals surface area contributed by atoms with Gasteiger partial charge >= 0.3 is 0 Å². The van der Waals surface area contributed by atoms with Crippen molar-refractivity contribution < 1.29 is 4.79 Å². The highest BCUT2D eigenvalue weighted by atomic mass is 16.2. The number of para-hydroxylation sites is 2. The number of carbonyl (C=O) groups is 1. The molecule has 0 saturated carbocycles. The van der Waals surface area contributed by atoms with Crippen LogP contribution in [-0.2, 0) is 4.79 Å². The van der Waals surface area contributed by atoms with E-state index in [1.807, 2.05) is 24.3 Å². The van der Waals surface area contributed by atoms with Crippen LogP contribution in [0, 0.1) is 0 Å². The van der Waals surface area contributed by atoms with Crippen molar-refractivity contribution in [3.05, 3.63) is 30.6 Å². The number of rotatable bonds is 5. The van der Waals surface area contributed by atoms with Gasteiger partial charge in [-0.25, -0.2) is 9.66 Å². The summed E-state index contributed by atoms with van der Waals surface area (Å²) in [6.45, 7) is 2.13. The second-order valence-corrected chi connectivity index (χ2v) is 4.10. The standard InChI is InChI=1S/C13H17N3O/c1-2-3-4-9-13(17)15-16-10-14-11-7-5-6-8-12(11)16/h5-8,10H,2-4,9H2,1H3,(H,15,17). The van der Waals surface area contributed by atoms with Crippen molar-refractivity contribution in [1.29, 1.82) is 0 Å². The third kappa shape index (κ3) is 2.84. The van der Waals surface area contributed by atoms with E-state index in [0.717, 1.165) is 30.3 Å². The van der Waals surface area contributed by atoms with Gasteiger partial charge in [-0.15, -0.1) is 0 Å². The Balaban J connectivity index is 2.01. The molecule has 1 amide bonds. The Morgan fingerprint density at radius 1 is 1.35 bits per heavy atom. The largest absolute Gasteiger partial charge is 0.273 e. The van der Waals surface area contributed by atoms with Crippen LogP contribution in [0.2, 0.25) is 0 Å². The van der Waals surface area contributed by atoms with Crippen LogP contribution in [0.1, 0.15) is 32.6 Å². The highest BCUT2D eigenvalue weighted by molar-refractivity contribution is 5.86. The molecule has 0 unspecified atom stereocenters. The molecule has 1 aromatic carbocycles. The first-order valence-corrected chi connectivity index (χ1v) is 6.03. The molecule has 4 nitrogen and oxygen atoms in total. The Morgan fingerprint density at radius 2 is 2.18 bits per heavy atom. The summed E-state index contributed by atoms with van der Waals surface area (Å²) >= 11 is 0. The number of imidazole rings is 1.